The van der Waals surface area contributed by atoms with Crippen LogP contribution in [-0.4, -0.2) is 17.1 Å². The summed E-state index contributed by atoms with van der Waals surface area (Å²) < 4.78 is 34.5. The molecule has 0 aliphatic carbocycles. The first-order chi connectivity index (χ1) is 9.46. The zero-order valence-corrected chi connectivity index (χ0v) is 10.1. The maximum atomic E-state index is 12.9. The van der Waals surface area contributed by atoms with Gasteiger partial charge in [-0.1, -0.05) is 12.1 Å². The lowest BCUT2D eigenvalue weighted by Gasteiger charge is -2.07. The van der Waals surface area contributed by atoms with E-state index in [-0.39, 0.29) is 23.0 Å². The first-order valence-corrected chi connectivity index (χ1v) is 5.73. The van der Waals surface area contributed by atoms with Gasteiger partial charge in [-0.2, -0.15) is 0 Å². The molecular weight excluding hydrogens is 268 g/mol. The minimum absolute atomic E-state index is 0.00437. The third-order valence-corrected chi connectivity index (χ3v) is 2.86. The molecule has 6 heteroatoms. The van der Waals surface area contributed by atoms with E-state index in [4.69, 9.17) is 5.41 Å². The molecule has 102 valence electrons. The molecule has 1 aliphatic rings. The van der Waals surface area contributed by atoms with Crippen molar-refractivity contribution >= 4 is 5.71 Å². The van der Waals surface area contributed by atoms with E-state index in [1.54, 1.807) is 18.2 Å². The number of phenolic OH excluding ortho intramolecular Hbond substituents is 1. The second kappa shape index (κ2) is 4.19. The Labute approximate surface area is 112 Å². The zero-order chi connectivity index (χ0) is 14.3. The number of alkyl halides is 2. The number of hydrogen-bond acceptors (Lipinski definition) is 4. The Morgan fingerprint density at radius 3 is 2.50 bits per heavy atom. The summed E-state index contributed by atoms with van der Waals surface area (Å²) >= 11 is 0. The third kappa shape index (κ3) is 2.05. The fraction of sp³-hybridized carbons (Fsp3) is 0.0714. The van der Waals surface area contributed by atoms with Crippen molar-refractivity contribution < 1.29 is 23.4 Å². The quantitative estimate of drug-likeness (QED) is 0.829. The molecule has 0 atom stereocenters. The summed E-state index contributed by atoms with van der Waals surface area (Å²) in [5.41, 5.74) is 0.648. The number of halogens is 2. The van der Waals surface area contributed by atoms with Gasteiger partial charge in [-0.25, -0.2) is 0 Å². The van der Waals surface area contributed by atoms with Gasteiger partial charge in [0.25, 0.3) is 0 Å². The molecule has 0 aromatic heterocycles. The van der Waals surface area contributed by atoms with Crippen molar-refractivity contribution in [3.05, 3.63) is 53.6 Å². The lowest BCUT2D eigenvalue weighted by atomic mass is 10.0. The molecule has 20 heavy (non-hydrogen) atoms. The highest BCUT2D eigenvalue weighted by atomic mass is 19.3. The maximum Gasteiger partial charge on any atom is 0.586 e. The predicted molar refractivity (Wildman–Crippen MR) is 66.7 cm³/mol. The lowest BCUT2D eigenvalue weighted by Crippen LogP contribution is -2.25. The van der Waals surface area contributed by atoms with Crippen molar-refractivity contribution in [1.82, 2.24) is 0 Å². The molecule has 0 saturated carbocycles. The lowest BCUT2D eigenvalue weighted by molar-refractivity contribution is -0.286. The highest BCUT2D eigenvalue weighted by Gasteiger charge is 2.43. The van der Waals surface area contributed by atoms with Crippen LogP contribution in [0.1, 0.15) is 11.1 Å². The molecule has 2 aromatic carbocycles. The van der Waals surface area contributed by atoms with Crippen LogP contribution in [0, 0.1) is 5.41 Å². The highest BCUT2D eigenvalue weighted by Crippen LogP contribution is 2.41. The van der Waals surface area contributed by atoms with Crippen LogP contribution in [0.5, 0.6) is 17.2 Å². The van der Waals surface area contributed by atoms with Crippen LogP contribution in [0.15, 0.2) is 42.5 Å². The average molecular weight is 277 g/mol. The second-order valence-corrected chi connectivity index (χ2v) is 4.22. The van der Waals surface area contributed by atoms with E-state index < -0.39 is 6.29 Å². The first kappa shape index (κ1) is 12.4. The van der Waals surface area contributed by atoms with Gasteiger partial charge in [-0.15, -0.1) is 8.78 Å². The smallest absolute Gasteiger partial charge is 0.507 e. The predicted octanol–water partition coefficient (Wildman–Crippen LogP) is 3.13. The van der Waals surface area contributed by atoms with Crippen molar-refractivity contribution in [2.75, 3.05) is 0 Å². The number of para-hydroxylation sites is 1. The fourth-order valence-electron chi connectivity index (χ4n) is 1.95. The van der Waals surface area contributed by atoms with E-state index in [9.17, 15) is 13.9 Å². The van der Waals surface area contributed by atoms with Crippen molar-refractivity contribution in [2.45, 2.75) is 6.29 Å². The monoisotopic (exact) mass is 277 g/mol. The molecule has 3 rings (SSSR count). The number of benzene rings is 2. The average Bonchev–Trinajstić information content (AvgIpc) is 2.71. The molecule has 4 nitrogen and oxygen atoms in total. The van der Waals surface area contributed by atoms with Gasteiger partial charge in [0.15, 0.2) is 11.5 Å². The summed E-state index contributed by atoms with van der Waals surface area (Å²) in [4.78, 5) is 0. The number of hydrogen-bond donors (Lipinski definition) is 2. The molecular formula is C14H9F2NO3. The summed E-state index contributed by atoms with van der Waals surface area (Å²) in [7, 11) is 0. The molecule has 0 fully saturated rings. The maximum absolute atomic E-state index is 12.9. The molecule has 0 bridgehead atoms. The van der Waals surface area contributed by atoms with E-state index in [0.717, 1.165) is 0 Å². The molecule has 2 aromatic rings. The van der Waals surface area contributed by atoms with E-state index in [2.05, 4.69) is 9.47 Å². The van der Waals surface area contributed by atoms with Gasteiger partial charge in [-0.3, -0.25) is 5.41 Å². The van der Waals surface area contributed by atoms with Crippen LogP contribution in [0.25, 0.3) is 0 Å². The van der Waals surface area contributed by atoms with Crippen LogP contribution in [0.4, 0.5) is 8.78 Å². The Morgan fingerprint density at radius 2 is 1.75 bits per heavy atom. The third-order valence-electron chi connectivity index (χ3n) is 2.86. The largest absolute Gasteiger partial charge is 0.586 e. The van der Waals surface area contributed by atoms with Crippen LogP contribution in [0.3, 0.4) is 0 Å². The van der Waals surface area contributed by atoms with Crippen LogP contribution in [-0.2, 0) is 0 Å². The van der Waals surface area contributed by atoms with Gasteiger partial charge in [0.05, 0.1) is 5.71 Å². The Morgan fingerprint density at radius 1 is 1.05 bits per heavy atom. The highest BCUT2D eigenvalue weighted by molar-refractivity contribution is 6.12. The standard InChI is InChI=1S/C14H9F2NO3/c15-14(16)19-11-6-5-8(7-12(11)20-14)13(17)9-3-1-2-4-10(9)18/h1-7,17-18H. The van der Waals surface area contributed by atoms with Gasteiger partial charge in [0, 0.05) is 11.1 Å². The van der Waals surface area contributed by atoms with Crippen molar-refractivity contribution in [3.63, 3.8) is 0 Å². The van der Waals surface area contributed by atoms with E-state index >= 15 is 0 Å². The fourth-order valence-corrected chi connectivity index (χ4v) is 1.95. The minimum atomic E-state index is -3.68. The SMILES string of the molecule is N=C(c1ccc2c(c1)OC(F)(F)O2)c1ccccc1O. The van der Waals surface area contributed by atoms with Crippen molar-refractivity contribution in [2.24, 2.45) is 0 Å². The van der Waals surface area contributed by atoms with Crippen molar-refractivity contribution in [3.8, 4) is 17.2 Å². The summed E-state index contributed by atoms with van der Waals surface area (Å²) in [5, 5.41) is 17.7. The number of phenols is 1. The van der Waals surface area contributed by atoms with Gasteiger partial charge >= 0.3 is 6.29 Å². The number of fused-ring (bicyclic) bond motifs is 1. The number of aromatic hydroxyl groups is 1. The Hall–Kier alpha value is -2.63. The number of ether oxygens (including phenoxy) is 2. The zero-order valence-electron chi connectivity index (χ0n) is 10.1. The van der Waals surface area contributed by atoms with E-state index in [0.29, 0.717) is 11.1 Å². The molecule has 0 radical (unpaired) electrons. The van der Waals surface area contributed by atoms with Gasteiger partial charge in [-0.05, 0) is 30.3 Å². The summed E-state index contributed by atoms with van der Waals surface area (Å²) in [6, 6.07) is 10.4. The number of rotatable bonds is 2. The molecule has 1 aliphatic heterocycles. The van der Waals surface area contributed by atoms with Crippen LogP contribution < -0.4 is 9.47 Å². The molecule has 0 saturated heterocycles. The summed E-state index contributed by atoms with van der Waals surface area (Å²) in [6.45, 7) is 0. The first-order valence-electron chi connectivity index (χ1n) is 5.73. The van der Waals surface area contributed by atoms with Gasteiger partial charge in [0.2, 0.25) is 0 Å². The molecule has 0 spiro atoms. The molecule has 1 heterocycles. The summed E-state index contributed by atoms with van der Waals surface area (Å²) in [6.07, 6.45) is -3.68. The van der Waals surface area contributed by atoms with Crippen LogP contribution in [0.2, 0.25) is 0 Å². The normalized spacial score (nSPS) is 15.1. The van der Waals surface area contributed by atoms with Crippen LogP contribution >= 0.6 is 0 Å². The molecule has 0 amide bonds. The Kier molecular flexibility index (Phi) is 2.60. The number of nitrogens with one attached hydrogen (secondary N) is 1. The van der Waals surface area contributed by atoms with E-state index in [1.165, 1.54) is 24.3 Å². The molecule has 0 unspecified atom stereocenters. The van der Waals surface area contributed by atoms with Crippen molar-refractivity contribution in [1.29, 1.82) is 5.41 Å². The topological polar surface area (TPSA) is 62.5 Å². The minimum Gasteiger partial charge on any atom is -0.507 e. The van der Waals surface area contributed by atoms with Gasteiger partial charge in [0.1, 0.15) is 5.75 Å². The Bertz CT molecular complexity index is 701. The molecule has 2 N–H and O–H groups in total. The van der Waals surface area contributed by atoms with E-state index in [1.807, 2.05) is 0 Å². The Balaban J connectivity index is 1.98. The summed E-state index contributed by atoms with van der Waals surface area (Å²) in [5.74, 6) is -0.267. The van der Waals surface area contributed by atoms with Gasteiger partial charge < -0.3 is 14.6 Å². The second-order valence-electron chi connectivity index (χ2n) is 4.22.